The van der Waals surface area contributed by atoms with Gasteiger partial charge in [0.1, 0.15) is 6.61 Å². The molecule has 0 fully saturated rings. The van der Waals surface area contributed by atoms with Crippen LogP contribution in [0.5, 0.6) is 0 Å². The summed E-state index contributed by atoms with van der Waals surface area (Å²) in [5, 5.41) is 8.17. The number of hydrogen-bond acceptors (Lipinski definition) is 16. The van der Waals surface area contributed by atoms with E-state index in [4.69, 9.17) is 61.6 Å². The van der Waals surface area contributed by atoms with Gasteiger partial charge in [-0.05, 0) is 46.5 Å². The quantitative estimate of drug-likeness (QED) is 0.0591. The standard InChI is InChI=1S/C31H62N2O11.C12H25NO5/c1-6-10-41-24-29(33-31(35)26-43-21-20-39-16-14-36-11-7-27(2)3)25-42-12-8-30(34)32-9-13-37-15-17-38-18-19-40-22-23-44-28(4)5;1-12(2)18-10-9-17-8-7-16-6-5-15-4-3-13-11-14/h27-29H,6-26H2,1-5H3,(H,32,34)(H,33,35);11-12H,3-10H2,1-2H3,(H,13,14). The van der Waals surface area contributed by atoms with E-state index >= 15 is 0 Å². The average molecular weight is 902 g/mol. The Morgan fingerprint density at radius 1 is 0.468 bits per heavy atom. The minimum atomic E-state index is -0.346. The predicted molar refractivity (Wildman–Crippen MR) is 235 cm³/mol. The van der Waals surface area contributed by atoms with Crippen LogP contribution in [0.1, 0.15) is 67.7 Å². The highest BCUT2D eigenvalue weighted by Gasteiger charge is 2.14. The first-order valence-electron chi connectivity index (χ1n) is 22.4. The summed E-state index contributed by atoms with van der Waals surface area (Å²) in [5.74, 6) is 0.223. The summed E-state index contributed by atoms with van der Waals surface area (Å²) in [4.78, 5) is 34.3. The molecule has 19 nitrogen and oxygen atoms in total. The van der Waals surface area contributed by atoms with Crippen LogP contribution in [0.2, 0.25) is 0 Å². The van der Waals surface area contributed by atoms with Crippen molar-refractivity contribution in [2.24, 2.45) is 5.92 Å². The lowest BCUT2D eigenvalue weighted by Gasteiger charge is -2.19. The second kappa shape index (κ2) is 51.5. The normalized spacial score (nSPS) is 11.8. The van der Waals surface area contributed by atoms with Gasteiger partial charge in [0.15, 0.2) is 0 Å². The van der Waals surface area contributed by atoms with Gasteiger partial charge in [-0.2, -0.15) is 0 Å². The highest BCUT2D eigenvalue weighted by molar-refractivity contribution is 5.77. The molecule has 0 spiro atoms. The fourth-order valence-electron chi connectivity index (χ4n) is 4.40. The van der Waals surface area contributed by atoms with E-state index in [0.29, 0.717) is 158 Å². The number of carbonyl (C=O) groups is 3. The molecular weight excluding hydrogens is 814 g/mol. The van der Waals surface area contributed by atoms with Crippen molar-refractivity contribution in [1.82, 2.24) is 16.0 Å². The SMILES string of the molecule is CC(C)OCCOCCOCCOCCNC=O.CCCOCC(COCCC(=O)NCCOCCOCCOCCOC(C)C)NC(=O)COCCOCCOCCC(C)C. The first kappa shape index (κ1) is 62.0. The van der Waals surface area contributed by atoms with Crippen LogP contribution in [0.4, 0.5) is 0 Å². The Hall–Kier alpha value is -2.11. The summed E-state index contributed by atoms with van der Waals surface area (Å²) in [6, 6.07) is -0.346. The van der Waals surface area contributed by atoms with Crippen molar-refractivity contribution in [1.29, 1.82) is 0 Å². The Morgan fingerprint density at radius 2 is 0.887 bits per heavy atom. The third-order valence-corrected chi connectivity index (χ3v) is 7.53. The molecule has 1 atom stereocenters. The van der Waals surface area contributed by atoms with Crippen LogP contribution in [0.25, 0.3) is 0 Å². The zero-order valence-corrected chi connectivity index (χ0v) is 39.4. The summed E-state index contributed by atoms with van der Waals surface area (Å²) in [7, 11) is 0. The van der Waals surface area contributed by atoms with Crippen LogP contribution < -0.4 is 16.0 Å². The van der Waals surface area contributed by atoms with Gasteiger partial charge in [0, 0.05) is 32.7 Å². The number of nitrogens with one attached hydrogen (secondary N) is 3. The van der Waals surface area contributed by atoms with Gasteiger partial charge in [0.25, 0.3) is 0 Å². The molecule has 19 heteroatoms. The van der Waals surface area contributed by atoms with Gasteiger partial charge in [-0.3, -0.25) is 14.4 Å². The van der Waals surface area contributed by atoms with Crippen LogP contribution >= 0.6 is 0 Å². The Kier molecular flexibility index (Phi) is 51.5. The van der Waals surface area contributed by atoms with Gasteiger partial charge < -0.3 is 77.5 Å². The van der Waals surface area contributed by atoms with Gasteiger partial charge in [-0.25, -0.2) is 0 Å². The second-order valence-corrected chi connectivity index (χ2v) is 14.6. The minimum Gasteiger partial charge on any atom is -0.379 e. The van der Waals surface area contributed by atoms with Gasteiger partial charge in [-0.1, -0.05) is 20.8 Å². The van der Waals surface area contributed by atoms with Crippen molar-refractivity contribution in [3.05, 3.63) is 0 Å². The Balaban J connectivity index is 0. The predicted octanol–water partition coefficient (Wildman–Crippen LogP) is 2.20. The molecule has 0 aliphatic carbocycles. The molecule has 3 N–H and O–H groups in total. The lowest BCUT2D eigenvalue weighted by molar-refractivity contribution is -0.128. The van der Waals surface area contributed by atoms with E-state index in [9.17, 15) is 14.4 Å². The minimum absolute atomic E-state index is 0.0854. The van der Waals surface area contributed by atoms with E-state index in [1.807, 2.05) is 34.6 Å². The van der Waals surface area contributed by atoms with E-state index in [1.165, 1.54) is 0 Å². The average Bonchev–Trinajstić information content (AvgIpc) is 3.23. The van der Waals surface area contributed by atoms with E-state index < -0.39 is 0 Å². The maximum Gasteiger partial charge on any atom is 0.246 e. The largest absolute Gasteiger partial charge is 0.379 e. The third kappa shape index (κ3) is 55.9. The van der Waals surface area contributed by atoms with Crippen molar-refractivity contribution in [3.63, 3.8) is 0 Å². The smallest absolute Gasteiger partial charge is 0.246 e. The zero-order valence-electron chi connectivity index (χ0n) is 39.4. The summed E-state index contributed by atoms with van der Waals surface area (Å²) in [5.41, 5.74) is 0. The van der Waals surface area contributed by atoms with Crippen molar-refractivity contribution < 1.29 is 76.0 Å². The van der Waals surface area contributed by atoms with E-state index in [-0.39, 0.29) is 56.3 Å². The van der Waals surface area contributed by atoms with Crippen molar-refractivity contribution in [2.75, 3.05) is 172 Å². The topological polar surface area (TPSA) is 207 Å². The molecule has 0 aromatic heterocycles. The van der Waals surface area contributed by atoms with E-state index in [0.717, 1.165) is 19.4 Å². The summed E-state index contributed by atoms with van der Waals surface area (Å²) in [6.07, 6.45) is 3.21. The summed E-state index contributed by atoms with van der Waals surface area (Å²) in [6.45, 7) is 26.3. The molecule has 0 saturated heterocycles. The first-order chi connectivity index (χ1) is 30.1. The van der Waals surface area contributed by atoms with Gasteiger partial charge >= 0.3 is 0 Å². The Morgan fingerprint density at radius 3 is 1.34 bits per heavy atom. The highest BCUT2D eigenvalue weighted by Crippen LogP contribution is 1.99. The molecule has 0 aromatic carbocycles. The maximum absolute atomic E-state index is 12.3. The highest BCUT2D eigenvalue weighted by atomic mass is 16.6. The molecule has 1 unspecified atom stereocenters. The zero-order chi connectivity index (χ0) is 46.0. The lowest BCUT2D eigenvalue weighted by atomic mass is 10.1. The molecule has 0 aliphatic heterocycles. The molecule has 0 heterocycles. The molecule has 0 aromatic rings. The second-order valence-electron chi connectivity index (χ2n) is 14.6. The Labute approximate surface area is 373 Å². The molecule has 370 valence electrons. The fourth-order valence-corrected chi connectivity index (χ4v) is 4.40. The van der Waals surface area contributed by atoms with E-state index in [1.54, 1.807) is 0 Å². The lowest BCUT2D eigenvalue weighted by Crippen LogP contribution is -2.43. The summed E-state index contributed by atoms with van der Waals surface area (Å²) < 4.78 is 70.4. The van der Waals surface area contributed by atoms with Gasteiger partial charge in [-0.15, -0.1) is 0 Å². The van der Waals surface area contributed by atoms with Crippen molar-refractivity contribution in [2.45, 2.75) is 86.0 Å². The molecule has 3 amide bonds. The van der Waals surface area contributed by atoms with Gasteiger partial charge in [0.2, 0.25) is 18.2 Å². The number of rotatable bonds is 48. The van der Waals surface area contributed by atoms with Crippen molar-refractivity contribution in [3.8, 4) is 0 Å². The number of ether oxygens (including phenoxy) is 13. The molecule has 0 saturated carbocycles. The molecule has 0 aliphatic rings. The molecule has 0 rings (SSSR count). The fraction of sp³-hybridized carbons (Fsp3) is 0.930. The van der Waals surface area contributed by atoms with Crippen molar-refractivity contribution >= 4 is 18.2 Å². The number of amides is 3. The molecule has 62 heavy (non-hydrogen) atoms. The van der Waals surface area contributed by atoms with Crippen LogP contribution in [-0.2, 0) is 76.0 Å². The van der Waals surface area contributed by atoms with Gasteiger partial charge in [0.05, 0.1) is 157 Å². The first-order valence-corrected chi connectivity index (χ1v) is 22.4. The molecular formula is C43H87N3O16. The van der Waals surface area contributed by atoms with Crippen LogP contribution in [0.3, 0.4) is 0 Å². The Bertz CT molecular complexity index is 940. The number of carbonyl (C=O) groups excluding carboxylic acids is 3. The summed E-state index contributed by atoms with van der Waals surface area (Å²) >= 11 is 0. The maximum atomic E-state index is 12.3. The monoisotopic (exact) mass is 902 g/mol. The molecule has 0 radical (unpaired) electrons. The van der Waals surface area contributed by atoms with Crippen LogP contribution in [0.15, 0.2) is 0 Å². The molecule has 0 bridgehead atoms. The van der Waals surface area contributed by atoms with Crippen LogP contribution in [-0.4, -0.2) is 208 Å². The van der Waals surface area contributed by atoms with Crippen LogP contribution in [0, 0.1) is 5.92 Å². The van der Waals surface area contributed by atoms with E-state index in [2.05, 4.69) is 29.8 Å². The number of hydrogen-bond donors (Lipinski definition) is 3. The third-order valence-electron chi connectivity index (χ3n) is 7.53.